The first-order valence-corrected chi connectivity index (χ1v) is 13.5. The number of hydrogen-bond donors (Lipinski definition) is 1. The monoisotopic (exact) mass is 520 g/mol. The lowest BCUT2D eigenvalue weighted by Crippen LogP contribution is -2.55. The van der Waals surface area contributed by atoms with Crippen LogP contribution in [0, 0.1) is 11.2 Å². The predicted molar refractivity (Wildman–Crippen MR) is 136 cm³/mol. The molecule has 2 N–H and O–H groups in total. The number of amides is 1. The maximum Gasteiger partial charge on any atom is 0.511 e. The molecule has 3 rings (SSSR count). The maximum absolute atomic E-state index is 14.0. The zero-order chi connectivity index (χ0) is 27.2. The number of carbonyl (C=O) groups excluding carboxylic acids is 3. The van der Waals surface area contributed by atoms with Gasteiger partial charge >= 0.3 is 12.1 Å². The third-order valence-corrected chi connectivity index (χ3v) is 7.92. The van der Waals surface area contributed by atoms with Gasteiger partial charge in [-0.2, -0.15) is 0 Å². The van der Waals surface area contributed by atoms with Crippen LogP contribution in [0.15, 0.2) is 24.3 Å². The summed E-state index contributed by atoms with van der Waals surface area (Å²) in [6.45, 7) is 6.83. The quantitative estimate of drug-likeness (QED) is 0.344. The van der Waals surface area contributed by atoms with Crippen LogP contribution in [0.2, 0.25) is 0 Å². The third-order valence-electron chi connectivity index (χ3n) is 7.92. The molecule has 8 nitrogen and oxygen atoms in total. The Morgan fingerprint density at radius 1 is 1.05 bits per heavy atom. The highest BCUT2D eigenvalue weighted by Gasteiger charge is 2.53. The Bertz CT molecular complexity index is 944. The molecule has 1 saturated carbocycles. The Labute approximate surface area is 219 Å². The summed E-state index contributed by atoms with van der Waals surface area (Å²) in [4.78, 5) is 40.9. The molecule has 37 heavy (non-hydrogen) atoms. The second-order valence-electron chi connectivity index (χ2n) is 10.3. The Kier molecular flexibility index (Phi) is 9.93. The van der Waals surface area contributed by atoms with E-state index in [1.54, 1.807) is 24.0 Å². The molecule has 1 aromatic rings. The van der Waals surface area contributed by atoms with Gasteiger partial charge in [0.15, 0.2) is 0 Å². The van der Waals surface area contributed by atoms with Gasteiger partial charge in [-0.15, -0.1) is 0 Å². The molecule has 0 spiro atoms. The van der Waals surface area contributed by atoms with Crippen LogP contribution in [0.25, 0.3) is 0 Å². The second-order valence-corrected chi connectivity index (χ2v) is 10.3. The molecule has 1 aromatic carbocycles. The van der Waals surface area contributed by atoms with Crippen molar-refractivity contribution in [3.63, 3.8) is 0 Å². The molecule has 1 aliphatic carbocycles. The van der Waals surface area contributed by atoms with Gasteiger partial charge in [0.05, 0.1) is 17.5 Å². The van der Waals surface area contributed by atoms with Crippen LogP contribution >= 0.6 is 0 Å². The minimum atomic E-state index is -1.15. The van der Waals surface area contributed by atoms with Crippen LogP contribution in [0.3, 0.4) is 0 Å². The molecule has 0 aromatic heterocycles. The van der Waals surface area contributed by atoms with Gasteiger partial charge in [-0.1, -0.05) is 32.4 Å². The van der Waals surface area contributed by atoms with E-state index < -0.39 is 47.8 Å². The minimum absolute atomic E-state index is 0.175. The van der Waals surface area contributed by atoms with Gasteiger partial charge in [0.2, 0.25) is 12.2 Å². The number of ether oxygens (including phenoxy) is 3. The van der Waals surface area contributed by atoms with Crippen molar-refractivity contribution in [1.82, 2.24) is 4.90 Å². The molecular formula is C28H41FN2O6. The number of rotatable bonds is 9. The molecule has 1 amide bonds. The van der Waals surface area contributed by atoms with Crippen molar-refractivity contribution in [3.8, 4) is 0 Å². The summed E-state index contributed by atoms with van der Waals surface area (Å²) in [5.41, 5.74) is 5.61. The topological polar surface area (TPSA) is 108 Å². The molecule has 9 heteroatoms. The fourth-order valence-corrected chi connectivity index (χ4v) is 5.86. The standard InChI is InChI=1S/C28H41FN2O6/c1-5-28(6-2,26(33)35-19(4)36-27(34)37-22-13-8-7-9-14-22)24-16-15-23(31(24)25(32)18(3)30)20-11-10-12-21(29)17-20/h10-12,17-19,22-24H,5-9,13-16,30H2,1-4H3/t18-,19?,23+,24-/m1/s1. The summed E-state index contributed by atoms with van der Waals surface area (Å²) < 4.78 is 30.3. The summed E-state index contributed by atoms with van der Waals surface area (Å²) >= 11 is 0. The van der Waals surface area contributed by atoms with E-state index in [4.69, 9.17) is 19.9 Å². The molecule has 1 aliphatic heterocycles. The van der Waals surface area contributed by atoms with Gasteiger partial charge in [-0.3, -0.25) is 9.59 Å². The van der Waals surface area contributed by atoms with Crippen LogP contribution in [-0.4, -0.2) is 47.4 Å². The van der Waals surface area contributed by atoms with E-state index in [0.29, 0.717) is 31.2 Å². The number of likely N-dealkylation sites (tertiary alicyclic amines) is 1. The van der Waals surface area contributed by atoms with Crippen LogP contribution in [0.4, 0.5) is 9.18 Å². The molecule has 4 atom stereocenters. The highest BCUT2D eigenvalue weighted by Crippen LogP contribution is 2.47. The van der Waals surface area contributed by atoms with Crippen molar-refractivity contribution in [2.75, 3.05) is 0 Å². The SMILES string of the molecule is CCC(CC)(C(=O)OC(C)OC(=O)OC1CCCCC1)[C@H]1CC[C@@H](c2cccc(F)c2)N1C(=O)[C@@H](C)N. The first-order valence-electron chi connectivity index (χ1n) is 13.5. The summed E-state index contributed by atoms with van der Waals surface area (Å²) in [5, 5.41) is 0. The molecule has 2 aliphatic rings. The van der Waals surface area contributed by atoms with Gasteiger partial charge in [-0.05, 0) is 76.0 Å². The first-order chi connectivity index (χ1) is 17.6. The molecular weight excluding hydrogens is 479 g/mol. The molecule has 206 valence electrons. The average Bonchev–Trinajstić information content (AvgIpc) is 3.30. The van der Waals surface area contributed by atoms with E-state index in [1.165, 1.54) is 19.1 Å². The van der Waals surface area contributed by atoms with Crippen LogP contribution in [-0.2, 0) is 23.8 Å². The zero-order valence-corrected chi connectivity index (χ0v) is 22.4. The number of carbonyl (C=O) groups is 3. The number of hydrogen-bond acceptors (Lipinski definition) is 7. The Morgan fingerprint density at radius 2 is 1.73 bits per heavy atom. The normalized spacial score (nSPS) is 22.3. The zero-order valence-electron chi connectivity index (χ0n) is 22.4. The van der Waals surface area contributed by atoms with Crippen molar-refractivity contribution < 1.29 is 33.0 Å². The smallest absolute Gasteiger partial charge is 0.431 e. The molecule has 1 unspecified atom stereocenters. The number of nitrogens with two attached hydrogens (primary N) is 1. The summed E-state index contributed by atoms with van der Waals surface area (Å²) in [7, 11) is 0. The van der Waals surface area contributed by atoms with Crippen molar-refractivity contribution in [1.29, 1.82) is 0 Å². The van der Waals surface area contributed by atoms with E-state index >= 15 is 0 Å². The highest BCUT2D eigenvalue weighted by atomic mass is 19.1. The summed E-state index contributed by atoms with van der Waals surface area (Å²) in [5.74, 6) is -1.25. The molecule has 1 heterocycles. The Balaban J connectivity index is 1.78. The van der Waals surface area contributed by atoms with Crippen molar-refractivity contribution in [2.24, 2.45) is 11.1 Å². The maximum atomic E-state index is 14.0. The van der Waals surface area contributed by atoms with Crippen molar-refractivity contribution in [3.05, 3.63) is 35.6 Å². The second kappa shape index (κ2) is 12.7. The molecule has 2 fully saturated rings. The van der Waals surface area contributed by atoms with Crippen molar-refractivity contribution in [2.45, 2.75) is 116 Å². The van der Waals surface area contributed by atoms with Gasteiger partial charge in [0.25, 0.3) is 0 Å². The van der Waals surface area contributed by atoms with Crippen LogP contribution in [0.5, 0.6) is 0 Å². The van der Waals surface area contributed by atoms with E-state index in [9.17, 15) is 18.8 Å². The fraction of sp³-hybridized carbons (Fsp3) is 0.679. The summed E-state index contributed by atoms with van der Waals surface area (Å²) in [6, 6.07) is 4.44. The Hall–Kier alpha value is -2.68. The lowest BCUT2D eigenvalue weighted by Gasteiger charge is -2.42. The number of halogens is 1. The predicted octanol–water partition coefficient (Wildman–Crippen LogP) is 5.39. The average molecular weight is 521 g/mol. The number of esters is 1. The van der Waals surface area contributed by atoms with Crippen LogP contribution < -0.4 is 5.73 Å². The summed E-state index contributed by atoms with van der Waals surface area (Å²) in [6.07, 6.45) is 4.43. The van der Waals surface area contributed by atoms with Gasteiger partial charge in [0.1, 0.15) is 11.9 Å². The minimum Gasteiger partial charge on any atom is -0.431 e. The van der Waals surface area contributed by atoms with E-state index in [2.05, 4.69) is 0 Å². The van der Waals surface area contributed by atoms with Gasteiger partial charge < -0.3 is 24.8 Å². The molecule has 0 bridgehead atoms. The van der Waals surface area contributed by atoms with Crippen molar-refractivity contribution >= 4 is 18.0 Å². The highest BCUT2D eigenvalue weighted by molar-refractivity contribution is 5.85. The molecule has 1 saturated heterocycles. The van der Waals surface area contributed by atoms with Gasteiger partial charge in [0, 0.05) is 13.0 Å². The van der Waals surface area contributed by atoms with E-state index in [1.807, 2.05) is 13.8 Å². The lowest BCUT2D eigenvalue weighted by atomic mass is 9.74. The fourth-order valence-electron chi connectivity index (χ4n) is 5.86. The largest absolute Gasteiger partial charge is 0.511 e. The van der Waals surface area contributed by atoms with Crippen LogP contribution in [0.1, 0.15) is 97.1 Å². The van der Waals surface area contributed by atoms with Gasteiger partial charge in [-0.25, -0.2) is 9.18 Å². The molecule has 0 radical (unpaired) electrons. The number of benzene rings is 1. The third kappa shape index (κ3) is 6.61. The lowest BCUT2D eigenvalue weighted by molar-refractivity contribution is -0.186. The van der Waals surface area contributed by atoms with E-state index in [-0.39, 0.29) is 12.0 Å². The Morgan fingerprint density at radius 3 is 2.32 bits per heavy atom. The number of nitrogens with zero attached hydrogens (tertiary/aromatic N) is 1. The first kappa shape index (κ1) is 28.9. The van der Waals surface area contributed by atoms with E-state index in [0.717, 1.165) is 32.1 Å².